The molecule has 6 heteroatoms. The number of carboxylic acids is 1. The molecule has 0 aromatic carbocycles. The molecule has 5 nitrogen and oxygen atoms in total. The number of aliphatic carboxylic acids is 1. The first-order valence-corrected chi connectivity index (χ1v) is 5.75. The SMILES string of the molecule is Cc1nc2n(c1CC(N)C(=O)O)CCS2. The van der Waals surface area contributed by atoms with E-state index in [4.69, 9.17) is 10.8 Å². The van der Waals surface area contributed by atoms with Crippen LogP contribution in [0.4, 0.5) is 0 Å². The smallest absolute Gasteiger partial charge is 0.320 e. The normalized spacial score (nSPS) is 16.4. The Morgan fingerprint density at radius 3 is 3.20 bits per heavy atom. The Morgan fingerprint density at radius 1 is 1.80 bits per heavy atom. The molecule has 1 aromatic rings. The zero-order valence-corrected chi connectivity index (χ0v) is 9.25. The lowest BCUT2D eigenvalue weighted by Crippen LogP contribution is -2.33. The van der Waals surface area contributed by atoms with E-state index in [-0.39, 0.29) is 0 Å². The summed E-state index contributed by atoms with van der Waals surface area (Å²) in [5.74, 6) is 0.0494. The number of aromatic nitrogens is 2. The number of fused-ring (bicyclic) bond motifs is 1. The van der Waals surface area contributed by atoms with Crippen LogP contribution in [0.3, 0.4) is 0 Å². The van der Waals surface area contributed by atoms with Gasteiger partial charge in [0.05, 0.1) is 5.69 Å². The van der Waals surface area contributed by atoms with Crippen molar-refractivity contribution < 1.29 is 9.90 Å². The summed E-state index contributed by atoms with van der Waals surface area (Å²) >= 11 is 1.70. The monoisotopic (exact) mass is 227 g/mol. The molecule has 1 aromatic heterocycles. The van der Waals surface area contributed by atoms with Gasteiger partial charge in [-0.25, -0.2) is 4.98 Å². The first kappa shape index (κ1) is 10.5. The number of carbonyl (C=O) groups is 1. The van der Waals surface area contributed by atoms with Crippen molar-refractivity contribution in [3.8, 4) is 0 Å². The third kappa shape index (κ3) is 1.87. The van der Waals surface area contributed by atoms with E-state index in [1.54, 1.807) is 11.8 Å². The van der Waals surface area contributed by atoms with Crippen LogP contribution in [-0.4, -0.2) is 32.4 Å². The van der Waals surface area contributed by atoms with Crippen molar-refractivity contribution in [1.29, 1.82) is 0 Å². The van der Waals surface area contributed by atoms with Crippen molar-refractivity contribution >= 4 is 17.7 Å². The van der Waals surface area contributed by atoms with Crippen LogP contribution in [0.2, 0.25) is 0 Å². The molecule has 1 atom stereocenters. The standard InChI is InChI=1S/C9H13N3O2S/c1-5-7(4-6(10)8(13)14)12-2-3-15-9(12)11-5/h6H,2-4,10H2,1H3,(H,13,14). The van der Waals surface area contributed by atoms with Gasteiger partial charge in [-0.05, 0) is 6.92 Å². The van der Waals surface area contributed by atoms with E-state index < -0.39 is 12.0 Å². The molecule has 0 saturated carbocycles. The second-order valence-electron chi connectivity index (χ2n) is 3.58. The second kappa shape index (κ2) is 3.86. The molecule has 3 N–H and O–H groups in total. The number of hydrogen-bond donors (Lipinski definition) is 2. The quantitative estimate of drug-likeness (QED) is 0.773. The number of hydrogen-bond acceptors (Lipinski definition) is 4. The van der Waals surface area contributed by atoms with Gasteiger partial charge in [0, 0.05) is 24.4 Å². The number of nitrogens with zero attached hydrogens (tertiary/aromatic N) is 2. The van der Waals surface area contributed by atoms with Crippen LogP contribution in [-0.2, 0) is 17.8 Å². The van der Waals surface area contributed by atoms with Gasteiger partial charge < -0.3 is 15.4 Å². The first-order chi connectivity index (χ1) is 7.09. The van der Waals surface area contributed by atoms with E-state index >= 15 is 0 Å². The van der Waals surface area contributed by atoms with Gasteiger partial charge in [0.25, 0.3) is 0 Å². The summed E-state index contributed by atoms with van der Waals surface area (Å²) in [6.07, 6.45) is 0.356. The van der Waals surface area contributed by atoms with E-state index in [0.29, 0.717) is 6.42 Å². The first-order valence-electron chi connectivity index (χ1n) is 4.76. The minimum atomic E-state index is -0.962. The molecule has 1 aliphatic heterocycles. The lowest BCUT2D eigenvalue weighted by molar-refractivity contribution is -0.138. The van der Waals surface area contributed by atoms with Crippen LogP contribution < -0.4 is 5.73 Å². The summed E-state index contributed by atoms with van der Waals surface area (Å²) in [6.45, 7) is 2.80. The van der Waals surface area contributed by atoms with Crippen LogP contribution in [0, 0.1) is 6.92 Å². The maximum absolute atomic E-state index is 10.7. The Kier molecular flexibility index (Phi) is 2.70. The number of nitrogens with two attached hydrogens (primary N) is 1. The van der Waals surface area contributed by atoms with Gasteiger partial charge in [0.1, 0.15) is 6.04 Å². The zero-order valence-electron chi connectivity index (χ0n) is 8.43. The predicted molar refractivity (Wildman–Crippen MR) is 57.0 cm³/mol. The molecule has 1 unspecified atom stereocenters. The highest BCUT2D eigenvalue weighted by Gasteiger charge is 2.23. The summed E-state index contributed by atoms with van der Waals surface area (Å²) in [7, 11) is 0. The second-order valence-corrected chi connectivity index (χ2v) is 4.64. The summed E-state index contributed by atoms with van der Waals surface area (Å²) in [6, 6.07) is -0.838. The Balaban J connectivity index is 2.24. The molecule has 1 aliphatic rings. The van der Waals surface area contributed by atoms with E-state index in [0.717, 1.165) is 28.8 Å². The fourth-order valence-corrected chi connectivity index (χ4v) is 2.72. The topological polar surface area (TPSA) is 81.1 Å². The fourth-order valence-electron chi connectivity index (χ4n) is 1.70. The molecule has 0 saturated heterocycles. The summed E-state index contributed by atoms with van der Waals surface area (Å²) in [5, 5.41) is 9.75. The van der Waals surface area contributed by atoms with Gasteiger partial charge in [0.15, 0.2) is 5.16 Å². The fraction of sp³-hybridized carbons (Fsp3) is 0.556. The van der Waals surface area contributed by atoms with E-state index in [2.05, 4.69) is 9.55 Å². The highest BCUT2D eigenvalue weighted by molar-refractivity contribution is 7.99. The lowest BCUT2D eigenvalue weighted by atomic mass is 10.1. The van der Waals surface area contributed by atoms with Crippen molar-refractivity contribution in [1.82, 2.24) is 9.55 Å². The van der Waals surface area contributed by atoms with Crippen LogP contribution in [0.15, 0.2) is 5.16 Å². The van der Waals surface area contributed by atoms with Gasteiger partial charge >= 0.3 is 5.97 Å². The van der Waals surface area contributed by atoms with Crippen molar-refractivity contribution in [2.45, 2.75) is 31.1 Å². The van der Waals surface area contributed by atoms with Crippen LogP contribution >= 0.6 is 11.8 Å². The van der Waals surface area contributed by atoms with Crippen molar-refractivity contribution in [3.63, 3.8) is 0 Å². The van der Waals surface area contributed by atoms with Gasteiger partial charge in [-0.1, -0.05) is 11.8 Å². The molecule has 0 spiro atoms. The molecule has 0 fully saturated rings. The number of aryl methyl sites for hydroxylation is 1. The number of imidazole rings is 1. The molecule has 2 heterocycles. The highest BCUT2D eigenvalue weighted by atomic mass is 32.2. The van der Waals surface area contributed by atoms with Gasteiger partial charge in [-0.2, -0.15) is 0 Å². The van der Waals surface area contributed by atoms with E-state index in [9.17, 15) is 4.79 Å². The maximum atomic E-state index is 10.7. The summed E-state index contributed by atoms with van der Waals surface area (Å²) in [4.78, 5) is 15.1. The highest BCUT2D eigenvalue weighted by Crippen LogP contribution is 2.28. The number of thioether (sulfide) groups is 1. The van der Waals surface area contributed by atoms with Crippen molar-refractivity contribution in [3.05, 3.63) is 11.4 Å². The van der Waals surface area contributed by atoms with Crippen molar-refractivity contribution in [2.24, 2.45) is 5.73 Å². The third-order valence-electron chi connectivity index (χ3n) is 2.51. The molecule has 0 aliphatic carbocycles. The minimum Gasteiger partial charge on any atom is -0.480 e. The van der Waals surface area contributed by atoms with Gasteiger partial charge in [0.2, 0.25) is 0 Å². The Hall–Kier alpha value is -1.01. The number of carboxylic acid groups (broad SMARTS) is 1. The van der Waals surface area contributed by atoms with Gasteiger partial charge in [-0.15, -0.1) is 0 Å². The molecule has 15 heavy (non-hydrogen) atoms. The Morgan fingerprint density at radius 2 is 2.53 bits per heavy atom. The molecular formula is C9H13N3O2S. The zero-order chi connectivity index (χ0) is 11.0. The van der Waals surface area contributed by atoms with Gasteiger partial charge in [-0.3, -0.25) is 4.79 Å². The molecule has 0 bridgehead atoms. The van der Waals surface area contributed by atoms with Crippen LogP contribution in [0.25, 0.3) is 0 Å². The van der Waals surface area contributed by atoms with E-state index in [1.165, 1.54) is 0 Å². The average molecular weight is 227 g/mol. The largest absolute Gasteiger partial charge is 0.480 e. The molecule has 0 amide bonds. The average Bonchev–Trinajstić information content (AvgIpc) is 2.69. The molecule has 2 rings (SSSR count). The predicted octanol–water partition coefficient (Wildman–Crippen LogP) is 0.252. The van der Waals surface area contributed by atoms with Crippen LogP contribution in [0.5, 0.6) is 0 Å². The van der Waals surface area contributed by atoms with E-state index in [1.807, 2.05) is 6.92 Å². The third-order valence-corrected chi connectivity index (χ3v) is 3.47. The lowest BCUT2D eigenvalue weighted by Gasteiger charge is -2.08. The maximum Gasteiger partial charge on any atom is 0.320 e. The minimum absolute atomic E-state index is 0.356. The summed E-state index contributed by atoms with van der Waals surface area (Å²) in [5.41, 5.74) is 7.38. The molecule has 82 valence electrons. The van der Waals surface area contributed by atoms with Crippen LogP contribution in [0.1, 0.15) is 11.4 Å². The summed E-state index contributed by atoms with van der Waals surface area (Å²) < 4.78 is 2.07. The Labute approximate surface area is 91.7 Å². The molecular weight excluding hydrogens is 214 g/mol. The molecule has 0 radical (unpaired) electrons. The Bertz CT molecular complexity index is 402. The number of rotatable bonds is 3. The van der Waals surface area contributed by atoms with Crippen molar-refractivity contribution in [2.75, 3.05) is 5.75 Å².